The van der Waals surface area contributed by atoms with Gasteiger partial charge in [0, 0.05) is 13.0 Å². The Kier molecular flexibility index (Phi) is 3.01. The molecule has 0 atom stereocenters. The van der Waals surface area contributed by atoms with Gasteiger partial charge in [-0.25, -0.2) is 4.98 Å². The second kappa shape index (κ2) is 4.04. The van der Waals surface area contributed by atoms with Crippen molar-refractivity contribution in [1.82, 2.24) is 9.97 Å². The summed E-state index contributed by atoms with van der Waals surface area (Å²) in [7, 11) is 0. The maximum atomic E-state index is 11.2. The molecule has 0 aromatic carbocycles. The molecule has 0 saturated carbocycles. The number of hydrogen-bond donors (Lipinski definition) is 2. The summed E-state index contributed by atoms with van der Waals surface area (Å²) in [6.07, 6.45) is 0. The molecular formula is C9H13N3O2. The average Bonchev–Trinajstić information content (AvgIpc) is 2.01. The molecule has 0 aliphatic carbocycles. The van der Waals surface area contributed by atoms with E-state index in [1.807, 2.05) is 13.8 Å². The Morgan fingerprint density at radius 1 is 1.57 bits per heavy atom. The van der Waals surface area contributed by atoms with Gasteiger partial charge in [0.2, 0.25) is 11.9 Å². The lowest BCUT2D eigenvalue weighted by Crippen LogP contribution is -2.17. The number of aromatic nitrogens is 2. The zero-order valence-electron chi connectivity index (χ0n) is 8.42. The van der Waals surface area contributed by atoms with Crippen LogP contribution in [0.4, 0.5) is 5.95 Å². The Morgan fingerprint density at radius 2 is 2.21 bits per heavy atom. The summed E-state index contributed by atoms with van der Waals surface area (Å²) in [6, 6.07) is 1.43. The van der Waals surface area contributed by atoms with Crippen LogP contribution in [-0.4, -0.2) is 15.9 Å². The molecule has 1 aromatic heterocycles. The Labute approximate surface area is 81.6 Å². The molecule has 0 spiro atoms. The lowest BCUT2D eigenvalue weighted by molar-refractivity contribution is -0.114. The molecule has 1 aromatic rings. The largest absolute Gasteiger partial charge is 0.296 e. The number of nitrogens with one attached hydrogen (secondary N) is 2. The third-order valence-electron chi connectivity index (χ3n) is 1.65. The van der Waals surface area contributed by atoms with Crippen LogP contribution in [-0.2, 0) is 4.79 Å². The molecule has 0 aliphatic rings. The van der Waals surface area contributed by atoms with Crippen LogP contribution in [0.15, 0.2) is 10.9 Å². The number of carbonyl (C=O) groups excluding carboxylic acids is 1. The minimum absolute atomic E-state index is 0.157. The third-order valence-corrected chi connectivity index (χ3v) is 1.65. The highest BCUT2D eigenvalue weighted by Crippen LogP contribution is 2.09. The number of aromatic amines is 1. The van der Waals surface area contributed by atoms with E-state index in [2.05, 4.69) is 15.3 Å². The number of H-pyrrole nitrogens is 1. The first kappa shape index (κ1) is 10.4. The predicted molar refractivity (Wildman–Crippen MR) is 53.3 cm³/mol. The molecule has 14 heavy (non-hydrogen) atoms. The number of amides is 1. The highest BCUT2D eigenvalue weighted by Gasteiger charge is 2.05. The van der Waals surface area contributed by atoms with Crippen molar-refractivity contribution in [2.24, 2.45) is 0 Å². The Bertz CT molecular complexity index is 395. The summed E-state index contributed by atoms with van der Waals surface area (Å²) < 4.78 is 0. The summed E-state index contributed by atoms with van der Waals surface area (Å²) in [4.78, 5) is 28.4. The number of carbonyl (C=O) groups is 1. The average molecular weight is 195 g/mol. The van der Waals surface area contributed by atoms with E-state index >= 15 is 0 Å². The Balaban J connectivity index is 3.07. The second-order valence-corrected chi connectivity index (χ2v) is 3.35. The van der Waals surface area contributed by atoms with Crippen LogP contribution in [0.25, 0.3) is 0 Å². The van der Waals surface area contributed by atoms with E-state index in [9.17, 15) is 9.59 Å². The highest BCUT2D eigenvalue weighted by atomic mass is 16.1. The molecule has 0 unspecified atom stereocenters. The van der Waals surface area contributed by atoms with Gasteiger partial charge in [-0.05, 0) is 5.92 Å². The van der Waals surface area contributed by atoms with Crippen LogP contribution in [0, 0.1) is 0 Å². The van der Waals surface area contributed by atoms with E-state index in [4.69, 9.17) is 0 Å². The van der Waals surface area contributed by atoms with Crippen molar-refractivity contribution >= 4 is 11.9 Å². The molecule has 5 nitrogen and oxygen atoms in total. The first-order valence-corrected chi connectivity index (χ1v) is 4.38. The lowest BCUT2D eigenvalue weighted by atomic mass is 10.1. The lowest BCUT2D eigenvalue weighted by Gasteiger charge is -2.06. The van der Waals surface area contributed by atoms with Crippen LogP contribution in [0.2, 0.25) is 0 Å². The van der Waals surface area contributed by atoms with Gasteiger partial charge in [0.25, 0.3) is 5.56 Å². The Hall–Kier alpha value is -1.65. The molecule has 0 radical (unpaired) electrons. The van der Waals surface area contributed by atoms with Crippen molar-refractivity contribution in [2.45, 2.75) is 26.7 Å². The SMILES string of the molecule is CC(=O)Nc1nc(C(C)C)cc(=O)[nH]1. The van der Waals surface area contributed by atoms with Gasteiger partial charge in [-0.2, -0.15) is 0 Å². The fraction of sp³-hybridized carbons (Fsp3) is 0.444. The van der Waals surface area contributed by atoms with Crippen molar-refractivity contribution in [3.63, 3.8) is 0 Å². The van der Waals surface area contributed by atoms with Crippen LogP contribution >= 0.6 is 0 Å². The van der Waals surface area contributed by atoms with E-state index in [-0.39, 0.29) is 23.3 Å². The van der Waals surface area contributed by atoms with Gasteiger partial charge in [0.1, 0.15) is 0 Å². The fourth-order valence-electron chi connectivity index (χ4n) is 0.998. The monoisotopic (exact) mass is 195 g/mol. The minimum Gasteiger partial charge on any atom is -0.296 e. The van der Waals surface area contributed by atoms with Crippen molar-refractivity contribution < 1.29 is 4.79 Å². The summed E-state index contributed by atoms with van der Waals surface area (Å²) in [5, 5.41) is 2.44. The van der Waals surface area contributed by atoms with Crippen LogP contribution in [0.5, 0.6) is 0 Å². The van der Waals surface area contributed by atoms with Crippen molar-refractivity contribution in [1.29, 1.82) is 0 Å². The standard InChI is InChI=1S/C9H13N3O2/c1-5(2)7-4-8(14)12-9(11-7)10-6(3)13/h4-5H,1-3H3,(H2,10,11,12,13,14). The van der Waals surface area contributed by atoms with Gasteiger partial charge in [-0.1, -0.05) is 13.8 Å². The molecule has 1 heterocycles. The molecule has 0 saturated heterocycles. The minimum atomic E-state index is -0.257. The van der Waals surface area contributed by atoms with Gasteiger partial charge >= 0.3 is 0 Å². The maximum Gasteiger partial charge on any atom is 0.252 e. The quantitative estimate of drug-likeness (QED) is 0.734. The van der Waals surface area contributed by atoms with Crippen molar-refractivity contribution in [3.05, 3.63) is 22.1 Å². The maximum absolute atomic E-state index is 11.2. The zero-order valence-corrected chi connectivity index (χ0v) is 8.42. The van der Waals surface area contributed by atoms with Crippen molar-refractivity contribution in [2.75, 3.05) is 5.32 Å². The first-order chi connectivity index (χ1) is 6.49. The Morgan fingerprint density at radius 3 is 2.71 bits per heavy atom. The highest BCUT2D eigenvalue weighted by molar-refractivity contribution is 5.86. The number of hydrogen-bond acceptors (Lipinski definition) is 3. The van der Waals surface area contributed by atoms with Gasteiger partial charge in [-0.15, -0.1) is 0 Å². The number of nitrogens with zero attached hydrogens (tertiary/aromatic N) is 1. The molecule has 0 bridgehead atoms. The second-order valence-electron chi connectivity index (χ2n) is 3.35. The summed E-state index contributed by atoms with van der Waals surface area (Å²) in [6.45, 7) is 5.22. The molecule has 1 rings (SSSR count). The fourth-order valence-corrected chi connectivity index (χ4v) is 0.998. The molecule has 76 valence electrons. The number of anilines is 1. The normalized spacial score (nSPS) is 10.3. The van der Waals surface area contributed by atoms with E-state index in [1.165, 1.54) is 13.0 Å². The van der Waals surface area contributed by atoms with Crippen LogP contribution < -0.4 is 10.9 Å². The van der Waals surface area contributed by atoms with E-state index < -0.39 is 0 Å². The number of rotatable bonds is 2. The molecule has 0 fully saturated rings. The smallest absolute Gasteiger partial charge is 0.252 e. The molecule has 2 N–H and O–H groups in total. The van der Waals surface area contributed by atoms with Crippen LogP contribution in [0.1, 0.15) is 32.4 Å². The van der Waals surface area contributed by atoms with Gasteiger partial charge in [0.15, 0.2) is 0 Å². The molecule has 1 amide bonds. The summed E-state index contributed by atoms with van der Waals surface area (Å²) in [5.41, 5.74) is 0.407. The first-order valence-electron chi connectivity index (χ1n) is 4.38. The predicted octanol–water partition coefficient (Wildman–Crippen LogP) is 0.852. The van der Waals surface area contributed by atoms with Gasteiger partial charge in [-0.3, -0.25) is 19.9 Å². The van der Waals surface area contributed by atoms with Gasteiger partial charge in [0.05, 0.1) is 5.69 Å². The third kappa shape index (κ3) is 2.69. The van der Waals surface area contributed by atoms with E-state index in [0.717, 1.165) is 0 Å². The van der Waals surface area contributed by atoms with E-state index in [0.29, 0.717) is 5.69 Å². The topological polar surface area (TPSA) is 74.8 Å². The van der Waals surface area contributed by atoms with E-state index in [1.54, 1.807) is 0 Å². The molecular weight excluding hydrogens is 182 g/mol. The zero-order chi connectivity index (χ0) is 10.7. The molecule has 5 heteroatoms. The summed E-state index contributed by atoms with van der Waals surface area (Å²) >= 11 is 0. The van der Waals surface area contributed by atoms with Crippen molar-refractivity contribution in [3.8, 4) is 0 Å². The van der Waals surface area contributed by atoms with Gasteiger partial charge < -0.3 is 0 Å². The summed E-state index contributed by atoms with van der Waals surface area (Å²) in [5.74, 6) is 0.104. The van der Waals surface area contributed by atoms with Crippen LogP contribution in [0.3, 0.4) is 0 Å². The molecule has 0 aliphatic heterocycles.